The zero-order chi connectivity index (χ0) is 14.8. The highest BCUT2D eigenvalue weighted by molar-refractivity contribution is 7.91. The molecule has 0 radical (unpaired) electrons. The standard InChI is InChI=1S/C14H18ClNO3S/c1-14(8-9-20(18,19)10-14)16-13(17)7-6-11-4-2-3-5-12(11)15/h2-5H,6-10H2,1H3,(H,16,17). The van der Waals surface area contributed by atoms with Gasteiger partial charge in [0, 0.05) is 11.4 Å². The Hall–Kier alpha value is -1.07. The maximum Gasteiger partial charge on any atom is 0.220 e. The number of carbonyl (C=O) groups is 1. The van der Waals surface area contributed by atoms with Crippen molar-refractivity contribution in [1.82, 2.24) is 5.32 Å². The third-order valence-electron chi connectivity index (χ3n) is 3.52. The monoisotopic (exact) mass is 315 g/mol. The number of halogens is 1. The predicted molar refractivity (Wildman–Crippen MR) is 79.6 cm³/mol. The van der Waals surface area contributed by atoms with E-state index < -0.39 is 15.4 Å². The van der Waals surface area contributed by atoms with Gasteiger partial charge in [-0.05, 0) is 31.4 Å². The van der Waals surface area contributed by atoms with E-state index in [-0.39, 0.29) is 17.4 Å². The molecule has 1 aliphatic rings. The Bertz CT molecular complexity index is 615. The lowest BCUT2D eigenvalue weighted by Crippen LogP contribution is -2.47. The van der Waals surface area contributed by atoms with Gasteiger partial charge in [-0.25, -0.2) is 8.42 Å². The van der Waals surface area contributed by atoms with Crippen LogP contribution in [0.4, 0.5) is 0 Å². The molecule has 1 atom stereocenters. The summed E-state index contributed by atoms with van der Waals surface area (Å²) < 4.78 is 23.0. The Morgan fingerprint density at radius 3 is 2.70 bits per heavy atom. The highest BCUT2D eigenvalue weighted by Crippen LogP contribution is 2.23. The summed E-state index contributed by atoms with van der Waals surface area (Å²) in [6.45, 7) is 1.78. The SMILES string of the molecule is CC1(NC(=O)CCc2ccccc2Cl)CCS(=O)(=O)C1. The van der Waals surface area contributed by atoms with Gasteiger partial charge in [-0.1, -0.05) is 29.8 Å². The second-order valence-electron chi connectivity index (χ2n) is 5.54. The van der Waals surface area contributed by atoms with Crippen molar-refractivity contribution in [3.8, 4) is 0 Å². The molecular weight excluding hydrogens is 298 g/mol. The summed E-state index contributed by atoms with van der Waals surface area (Å²) in [5, 5.41) is 3.49. The Morgan fingerprint density at radius 1 is 1.40 bits per heavy atom. The van der Waals surface area contributed by atoms with Crippen LogP contribution < -0.4 is 5.32 Å². The average molecular weight is 316 g/mol. The van der Waals surface area contributed by atoms with Gasteiger partial charge in [-0.2, -0.15) is 0 Å². The topological polar surface area (TPSA) is 63.2 Å². The van der Waals surface area contributed by atoms with Crippen LogP contribution in [0.15, 0.2) is 24.3 Å². The molecule has 110 valence electrons. The number of sulfone groups is 1. The minimum atomic E-state index is -3.01. The molecule has 1 unspecified atom stereocenters. The third kappa shape index (κ3) is 3.96. The molecule has 0 bridgehead atoms. The first-order chi connectivity index (χ1) is 9.30. The van der Waals surface area contributed by atoms with Crippen LogP contribution in [-0.2, 0) is 21.1 Å². The third-order valence-corrected chi connectivity index (χ3v) is 5.80. The second-order valence-corrected chi connectivity index (χ2v) is 8.13. The van der Waals surface area contributed by atoms with Crippen molar-refractivity contribution in [3.05, 3.63) is 34.9 Å². The molecule has 1 fully saturated rings. The zero-order valence-electron chi connectivity index (χ0n) is 11.4. The van der Waals surface area contributed by atoms with Crippen LogP contribution in [0, 0.1) is 0 Å². The van der Waals surface area contributed by atoms with Crippen molar-refractivity contribution in [3.63, 3.8) is 0 Å². The molecule has 2 rings (SSSR count). The van der Waals surface area contributed by atoms with E-state index >= 15 is 0 Å². The number of hydrogen-bond donors (Lipinski definition) is 1. The van der Waals surface area contributed by atoms with Gasteiger partial charge in [0.2, 0.25) is 5.91 Å². The van der Waals surface area contributed by atoms with Crippen LogP contribution in [0.2, 0.25) is 5.02 Å². The van der Waals surface area contributed by atoms with Gasteiger partial charge >= 0.3 is 0 Å². The second kappa shape index (κ2) is 5.74. The highest BCUT2D eigenvalue weighted by atomic mass is 35.5. The van der Waals surface area contributed by atoms with E-state index in [1.807, 2.05) is 18.2 Å². The van der Waals surface area contributed by atoms with Crippen LogP contribution in [0.1, 0.15) is 25.3 Å². The van der Waals surface area contributed by atoms with E-state index in [4.69, 9.17) is 11.6 Å². The minimum absolute atomic E-state index is 0.0256. The molecule has 1 N–H and O–H groups in total. The maximum atomic E-state index is 12.0. The van der Waals surface area contributed by atoms with Crippen molar-refractivity contribution >= 4 is 27.3 Å². The number of hydrogen-bond acceptors (Lipinski definition) is 3. The van der Waals surface area contributed by atoms with Crippen molar-refractivity contribution in [2.45, 2.75) is 31.7 Å². The fourth-order valence-corrected chi connectivity index (χ4v) is 4.78. The molecule has 0 aromatic heterocycles. The molecule has 1 saturated heterocycles. The lowest BCUT2D eigenvalue weighted by Gasteiger charge is -2.23. The molecule has 1 heterocycles. The molecule has 6 heteroatoms. The van der Waals surface area contributed by atoms with Gasteiger partial charge in [-0.3, -0.25) is 4.79 Å². The first-order valence-corrected chi connectivity index (χ1v) is 8.74. The Labute approximate surface area is 124 Å². The van der Waals surface area contributed by atoms with Gasteiger partial charge in [-0.15, -0.1) is 0 Å². The summed E-state index contributed by atoms with van der Waals surface area (Å²) in [6.07, 6.45) is 1.33. The fourth-order valence-electron chi connectivity index (χ4n) is 2.46. The molecule has 0 spiro atoms. The number of amides is 1. The summed E-state index contributed by atoms with van der Waals surface area (Å²) >= 11 is 6.03. The normalized spacial score (nSPS) is 24.5. The Kier molecular flexibility index (Phi) is 4.39. The van der Waals surface area contributed by atoms with Gasteiger partial charge in [0.05, 0.1) is 17.0 Å². The largest absolute Gasteiger partial charge is 0.350 e. The summed E-state index contributed by atoms with van der Waals surface area (Å²) in [7, 11) is -3.01. The predicted octanol–water partition coefficient (Wildman–Crippen LogP) is 1.97. The van der Waals surface area contributed by atoms with E-state index in [2.05, 4.69) is 5.32 Å². The van der Waals surface area contributed by atoms with Gasteiger partial charge in [0.1, 0.15) is 0 Å². The van der Waals surface area contributed by atoms with Crippen molar-refractivity contribution in [2.75, 3.05) is 11.5 Å². The first-order valence-electron chi connectivity index (χ1n) is 6.55. The van der Waals surface area contributed by atoms with Crippen LogP contribution >= 0.6 is 11.6 Å². The van der Waals surface area contributed by atoms with E-state index in [0.717, 1.165) is 5.56 Å². The highest BCUT2D eigenvalue weighted by Gasteiger charge is 2.39. The van der Waals surface area contributed by atoms with E-state index in [1.54, 1.807) is 13.0 Å². The lowest BCUT2D eigenvalue weighted by molar-refractivity contribution is -0.122. The Morgan fingerprint density at radius 2 is 2.10 bits per heavy atom. The summed E-state index contributed by atoms with van der Waals surface area (Å²) in [4.78, 5) is 12.0. The molecule has 20 heavy (non-hydrogen) atoms. The average Bonchev–Trinajstić information content (AvgIpc) is 2.62. The molecule has 1 amide bonds. The molecule has 4 nitrogen and oxygen atoms in total. The van der Waals surface area contributed by atoms with Crippen LogP contribution in [0.5, 0.6) is 0 Å². The van der Waals surface area contributed by atoms with Crippen molar-refractivity contribution in [2.24, 2.45) is 0 Å². The summed E-state index contributed by atoms with van der Waals surface area (Å²) in [5.41, 5.74) is 0.296. The van der Waals surface area contributed by atoms with Crippen molar-refractivity contribution < 1.29 is 13.2 Å². The number of rotatable bonds is 4. The lowest BCUT2D eigenvalue weighted by atomic mass is 10.0. The van der Waals surface area contributed by atoms with Crippen LogP contribution in [0.3, 0.4) is 0 Å². The molecule has 1 aliphatic heterocycles. The molecule has 1 aromatic rings. The van der Waals surface area contributed by atoms with Gasteiger partial charge in [0.15, 0.2) is 9.84 Å². The van der Waals surface area contributed by atoms with E-state index in [1.165, 1.54) is 0 Å². The summed E-state index contributed by atoms with van der Waals surface area (Å²) in [5.74, 6) is 0.0380. The number of benzene rings is 1. The quantitative estimate of drug-likeness (QED) is 0.924. The fraction of sp³-hybridized carbons (Fsp3) is 0.500. The molecule has 1 aromatic carbocycles. The smallest absolute Gasteiger partial charge is 0.220 e. The first kappa shape index (κ1) is 15.3. The number of nitrogens with one attached hydrogen (secondary N) is 1. The maximum absolute atomic E-state index is 12.0. The van der Waals surface area contributed by atoms with E-state index in [0.29, 0.717) is 24.3 Å². The molecule has 0 aliphatic carbocycles. The van der Waals surface area contributed by atoms with Gasteiger partial charge < -0.3 is 5.32 Å². The summed E-state index contributed by atoms with van der Waals surface area (Å²) in [6, 6.07) is 7.40. The molecular formula is C14H18ClNO3S. The van der Waals surface area contributed by atoms with Gasteiger partial charge in [0.25, 0.3) is 0 Å². The minimum Gasteiger partial charge on any atom is -0.350 e. The van der Waals surface area contributed by atoms with Crippen LogP contribution in [-0.4, -0.2) is 31.4 Å². The zero-order valence-corrected chi connectivity index (χ0v) is 12.9. The van der Waals surface area contributed by atoms with E-state index in [9.17, 15) is 13.2 Å². The van der Waals surface area contributed by atoms with Crippen molar-refractivity contribution in [1.29, 1.82) is 0 Å². The Balaban J connectivity index is 1.89. The number of aryl methyl sites for hydroxylation is 1. The molecule has 0 saturated carbocycles. The number of carbonyl (C=O) groups excluding carboxylic acids is 1. The van der Waals surface area contributed by atoms with Crippen LogP contribution in [0.25, 0.3) is 0 Å².